The predicted octanol–water partition coefficient (Wildman–Crippen LogP) is 4.26. The Labute approximate surface area is 193 Å². The molecule has 0 bridgehead atoms. The van der Waals surface area contributed by atoms with E-state index in [1.807, 2.05) is 0 Å². The molecule has 3 rings (SSSR count). The molecule has 11 heteroatoms. The third-order valence-electron chi connectivity index (χ3n) is 5.13. The summed E-state index contributed by atoms with van der Waals surface area (Å²) in [4.78, 5) is 37.7. The lowest BCUT2D eigenvalue weighted by molar-refractivity contribution is -0.162. The molecule has 2 aromatic rings. The molecule has 1 saturated heterocycles. The van der Waals surface area contributed by atoms with Gasteiger partial charge in [0.2, 0.25) is 0 Å². The molecule has 2 amide bonds. The summed E-state index contributed by atoms with van der Waals surface area (Å²) in [6.45, 7) is -1.47. The zero-order valence-corrected chi connectivity index (χ0v) is 18.3. The van der Waals surface area contributed by atoms with Crippen molar-refractivity contribution in [3.05, 3.63) is 54.1 Å². The van der Waals surface area contributed by atoms with Gasteiger partial charge >= 0.3 is 18.2 Å². The number of amides is 2. The number of nitrogens with one attached hydrogen (secondary N) is 1. The Morgan fingerprint density at radius 3 is 2.29 bits per heavy atom. The third kappa shape index (κ3) is 6.87. The minimum Gasteiger partial charge on any atom is -0.496 e. The summed E-state index contributed by atoms with van der Waals surface area (Å²) in [5.74, 6) is -0.661. The van der Waals surface area contributed by atoms with E-state index in [0.29, 0.717) is 17.0 Å². The molecule has 2 aromatic carbocycles. The second kappa shape index (κ2) is 10.9. The topological polar surface area (TPSA) is 94.2 Å². The number of rotatable bonds is 6. The number of anilines is 1. The van der Waals surface area contributed by atoms with Gasteiger partial charge in [-0.3, -0.25) is 9.59 Å². The number of hydrogen-bond donors (Lipinski definition) is 1. The van der Waals surface area contributed by atoms with E-state index in [1.54, 1.807) is 36.4 Å². The molecule has 34 heavy (non-hydrogen) atoms. The van der Waals surface area contributed by atoms with Crippen LogP contribution in [0.2, 0.25) is 0 Å². The molecule has 1 aliphatic rings. The van der Waals surface area contributed by atoms with Crippen molar-refractivity contribution in [1.82, 2.24) is 4.90 Å². The van der Waals surface area contributed by atoms with Crippen LogP contribution >= 0.6 is 0 Å². The minimum absolute atomic E-state index is 0.0877. The van der Waals surface area contributed by atoms with Crippen molar-refractivity contribution in [3.63, 3.8) is 0 Å². The molecule has 8 nitrogen and oxygen atoms in total. The summed E-state index contributed by atoms with van der Waals surface area (Å²) >= 11 is 0. The van der Waals surface area contributed by atoms with Gasteiger partial charge < -0.3 is 24.4 Å². The Bertz CT molecular complexity index is 1020. The van der Waals surface area contributed by atoms with Crippen molar-refractivity contribution < 1.29 is 41.8 Å². The first-order valence-electron chi connectivity index (χ1n) is 10.4. The van der Waals surface area contributed by atoms with Gasteiger partial charge in [-0.05, 0) is 49.2 Å². The van der Waals surface area contributed by atoms with Crippen molar-refractivity contribution in [2.24, 2.45) is 5.92 Å². The first-order chi connectivity index (χ1) is 16.2. The van der Waals surface area contributed by atoms with Crippen LogP contribution in [0, 0.1) is 5.92 Å². The highest BCUT2D eigenvalue weighted by Crippen LogP contribution is 2.24. The van der Waals surface area contributed by atoms with E-state index < -0.39 is 30.8 Å². The van der Waals surface area contributed by atoms with Crippen LogP contribution in [0.3, 0.4) is 0 Å². The third-order valence-corrected chi connectivity index (χ3v) is 5.13. The lowest BCUT2D eigenvalue weighted by Crippen LogP contribution is -2.42. The smallest absolute Gasteiger partial charge is 0.422 e. The fourth-order valence-electron chi connectivity index (χ4n) is 3.37. The van der Waals surface area contributed by atoms with E-state index in [9.17, 15) is 27.6 Å². The average Bonchev–Trinajstić information content (AvgIpc) is 2.83. The number of piperidine rings is 1. The number of carbonyl (C=O) groups excluding carboxylic acids is 3. The van der Waals surface area contributed by atoms with E-state index in [4.69, 9.17) is 9.47 Å². The Balaban J connectivity index is 1.48. The normalized spacial score (nSPS) is 14.3. The highest BCUT2D eigenvalue weighted by atomic mass is 19.4. The summed E-state index contributed by atoms with van der Waals surface area (Å²) in [7, 11) is 1.47. The van der Waals surface area contributed by atoms with Gasteiger partial charge in [-0.2, -0.15) is 13.2 Å². The van der Waals surface area contributed by atoms with Gasteiger partial charge in [-0.25, -0.2) is 4.79 Å². The first kappa shape index (κ1) is 24.9. The Hall–Kier alpha value is -3.76. The van der Waals surface area contributed by atoms with Gasteiger partial charge in [0.25, 0.3) is 5.91 Å². The Morgan fingerprint density at radius 2 is 1.68 bits per heavy atom. The van der Waals surface area contributed by atoms with Crippen molar-refractivity contribution >= 4 is 23.7 Å². The SMILES string of the molecule is COc1ccccc1C(=O)Nc1ccc(OC(=O)C2CCN(C(=O)OCC(F)(F)F)CC2)cc1. The number of benzene rings is 2. The van der Waals surface area contributed by atoms with Crippen LogP contribution in [0.5, 0.6) is 11.5 Å². The average molecular weight is 480 g/mol. The second-order valence-corrected chi connectivity index (χ2v) is 7.53. The summed E-state index contributed by atoms with van der Waals surface area (Å²) in [6, 6.07) is 13.0. The number of methoxy groups -OCH3 is 1. The van der Waals surface area contributed by atoms with Gasteiger partial charge in [-0.1, -0.05) is 12.1 Å². The van der Waals surface area contributed by atoms with Crippen LogP contribution in [0.25, 0.3) is 0 Å². The Morgan fingerprint density at radius 1 is 1.03 bits per heavy atom. The van der Waals surface area contributed by atoms with E-state index in [0.717, 1.165) is 4.90 Å². The molecule has 1 heterocycles. The Kier molecular flexibility index (Phi) is 7.98. The standard InChI is InChI=1S/C23H23F3N2O6/c1-32-19-5-3-2-4-18(19)20(29)27-16-6-8-17(9-7-16)34-21(30)15-10-12-28(13-11-15)22(31)33-14-23(24,25)26/h2-9,15H,10-14H2,1H3,(H,27,29). The van der Waals surface area contributed by atoms with Crippen molar-refractivity contribution in [3.8, 4) is 11.5 Å². The molecule has 0 unspecified atom stereocenters. The zero-order chi connectivity index (χ0) is 24.7. The fraction of sp³-hybridized carbons (Fsp3) is 0.348. The number of alkyl halides is 3. The molecule has 0 saturated carbocycles. The summed E-state index contributed by atoms with van der Waals surface area (Å²) < 4.78 is 51.3. The molecular weight excluding hydrogens is 457 g/mol. The number of para-hydroxylation sites is 1. The lowest BCUT2D eigenvalue weighted by atomic mass is 9.97. The molecule has 1 N–H and O–H groups in total. The van der Waals surface area contributed by atoms with Crippen molar-refractivity contribution in [1.29, 1.82) is 0 Å². The predicted molar refractivity (Wildman–Crippen MR) is 115 cm³/mol. The van der Waals surface area contributed by atoms with Crippen LogP contribution in [0.1, 0.15) is 23.2 Å². The van der Waals surface area contributed by atoms with Crippen LogP contribution in [0.4, 0.5) is 23.7 Å². The number of hydrogen-bond acceptors (Lipinski definition) is 6. The molecular formula is C23H23F3N2O6. The van der Waals surface area contributed by atoms with Crippen LogP contribution in [0.15, 0.2) is 48.5 Å². The van der Waals surface area contributed by atoms with E-state index >= 15 is 0 Å². The number of halogens is 3. The summed E-state index contributed by atoms with van der Waals surface area (Å²) in [5.41, 5.74) is 0.857. The maximum Gasteiger partial charge on any atom is 0.422 e. The minimum atomic E-state index is -4.59. The van der Waals surface area contributed by atoms with Crippen molar-refractivity contribution in [2.45, 2.75) is 19.0 Å². The monoisotopic (exact) mass is 480 g/mol. The quantitative estimate of drug-likeness (QED) is 0.491. The number of esters is 1. The molecule has 0 aromatic heterocycles. The number of ether oxygens (including phenoxy) is 3. The molecule has 0 aliphatic carbocycles. The number of carbonyl (C=O) groups is 3. The van der Waals surface area contributed by atoms with E-state index in [-0.39, 0.29) is 37.6 Å². The van der Waals surface area contributed by atoms with E-state index in [2.05, 4.69) is 10.1 Å². The molecule has 182 valence electrons. The number of nitrogens with zero attached hydrogens (tertiary/aromatic N) is 1. The second-order valence-electron chi connectivity index (χ2n) is 7.53. The van der Waals surface area contributed by atoms with Gasteiger partial charge in [0.05, 0.1) is 18.6 Å². The zero-order valence-electron chi connectivity index (χ0n) is 18.3. The van der Waals surface area contributed by atoms with Crippen LogP contribution < -0.4 is 14.8 Å². The highest BCUT2D eigenvalue weighted by molar-refractivity contribution is 6.06. The maximum atomic E-state index is 12.5. The first-order valence-corrected chi connectivity index (χ1v) is 10.4. The molecule has 0 atom stereocenters. The van der Waals surface area contributed by atoms with Gasteiger partial charge in [0, 0.05) is 18.8 Å². The maximum absolute atomic E-state index is 12.5. The fourth-order valence-corrected chi connectivity index (χ4v) is 3.37. The molecule has 1 fully saturated rings. The summed E-state index contributed by atoms with van der Waals surface area (Å²) in [6.07, 6.45) is -5.17. The van der Waals surface area contributed by atoms with Gasteiger partial charge in [0.15, 0.2) is 6.61 Å². The highest BCUT2D eigenvalue weighted by Gasteiger charge is 2.33. The largest absolute Gasteiger partial charge is 0.496 e. The van der Waals surface area contributed by atoms with Gasteiger partial charge in [0.1, 0.15) is 11.5 Å². The van der Waals surface area contributed by atoms with E-state index in [1.165, 1.54) is 19.2 Å². The van der Waals surface area contributed by atoms with Crippen LogP contribution in [-0.4, -0.2) is 55.9 Å². The number of likely N-dealkylation sites (tertiary alicyclic amines) is 1. The molecule has 0 spiro atoms. The molecule has 1 aliphatic heterocycles. The summed E-state index contributed by atoms with van der Waals surface area (Å²) in [5, 5.41) is 2.73. The van der Waals surface area contributed by atoms with Gasteiger partial charge in [-0.15, -0.1) is 0 Å². The van der Waals surface area contributed by atoms with Crippen LogP contribution in [-0.2, 0) is 9.53 Å². The van der Waals surface area contributed by atoms with Crippen molar-refractivity contribution in [2.75, 3.05) is 32.1 Å². The molecule has 0 radical (unpaired) electrons. The lowest BCUT2D eigenvalue weighted by Gasteiger charge is -2.30.